The van der Waals surface area contributed by atoms with E-state index in [0.29, 0.717) is 0 Å². The molecule has 1 N–H and O–H groups in total. The van der Waals surface area contributed by atoms with Gasteiger partial charge in [0.1, 0.15) is 18.4 Å². The number of aryl methyl sites for hydroxylation is 1. The summed E-state index contributed by atoms with van der Waals surface area (Å²) >= 11 is 5.97. The van der Waals surface area contributed by atoms with Gasteiger partial charge in [-0.3, -0.25) is 13.9 Å². The van der Waals surface area contributed by atoms with Crippen molar-refractivity contribution in [2.75, 3.05) is 10.8 Å². The first kappa shape index (κ1) is 29.1. The Kier molecular flexibility index (Phi) is 9.51. The lowest BCUT2D eigenvalue weighted by molar-refractivity contribution is -0.139. The molecular weight excluding hydrogens is 529 g/mol. The van der Waals surface area contributed by atoms with Gasteiger partial charge in [0.15, 0.2) is 0 Å². The smallest absolute Gasteiger partial charge is 0.264 e. The maximum atomic E-state index is 13.9. The van der Waals surface area contributed by atoms with Crippen LogP contribution in [0.2, 0.25) is 5.02 Å². The van der Waals surface area contributed by atoms with Crippen molar-refractivity contribution < 1.29 is 22.4 Å². The van der Waals surface area contributed by atoms with Crippen molar-refractivity contribution in [3.8, 4) is 0 Å². The van der Waals surface area contributed by atoms with Crippen molar-refractivity contribution >= 4 is 39.1 Å². The summed E-state index contributed by atoms with van der Waals surface area (Å²) < 4.78 is 42.2. The van der Waals surface area contributed by atoms with Crippen molar-refractivity contribution in [2.45, 2.75) is 51.2 Å². The summed E-state index contributed by atoms with van der Waals surface area (Å²) in [6, 6.07) is 17.4. The summed E-state index contributed by atoms with van der Waals surface area (Å²) in [6.45, 7) is 6.56. The fraction of sp³-hybridized carbons (Fsp3) is 0.286. The van der Waals surface area contributed by atoms with Crippen molar-refractivity contribution in [1.82, 2.24) is 10.2 Å². The molecule has 1 atom stereocenters. The molecule has 3 aromatic carbocycles. The van der Waals surface area contributed by atoms with Crippen LogP contribution in [0, 0.1) is 12.7 Å². The van der Waals surface area contributed by atoms with Gasteiger partial charge in [0.2, 0.25) is 11.8 Å². The summed E-state index contributed by atoms with van der Waals surface area (Å²) in [5, 5.41) is 2.52. The van der Waals surface area contributed by atoms with Crippen molar-refractivity contribution in [1.29, 1.82) is 0 Å². The number of benzene rings is 3. The van der Waals surface area contributed by atoms with E-state index in [4.69, 9.17) is 11.6 Å². The highest BCUT2D eigenvalue weighted by Gasteiger charge is 2.33. The van der Waals surface area contributed by atoms with E-state index in [9.17, 15) is 22.4 Å². The predicted molar refractivity (Wildman–Crippen MR) is 147 cm³/mol. The molecular formula is C28H31ClFN3O4S. The molecule has 0 radical (unpaired) electrons. The Morgan fingerprint density at radius 1 is 0.974 bits per heavy atom. The lowest BCUT2D eigenvalue weighted by Gasteiger charge is -2.32. The van der Waals surface area contributed by atoms with E-state index in [2.05, 4.69) is 5.32 Å². The summed E-state index contributed by atoms with van der Waals surface area (Å²) in [4.78, 5) is 28.1. The van der Waals surface area contributed by atoms with Crippen LogP contribution in [0.1, 0.15) is 31.9 Å². The molecule has 2 amide bonds. The second kappa shape index (κ2) is 12.4. The van der Waals surface area contributed by atoms with E-state index >= 15 is 0 Å². The summed E-state index contributed by atoms with van der Waals surface area (Å²) in [5.74, 6) is -1.71. The van der Waals surface area contributed by atoms with Gasteiger partial charge in [-0.05, 0) is 69.2 Å². The molecule has 0 aliphatic carbocycles. The Balaban J connectivity index is 2.06. The first-order valence-electron chi connectivity index (χ1n) is 12.1. The Morgan fingerprint density at radius 3 is 2.21 bits per heavy atom. The Bertz CT molecular complexity index is 1400. The number of nitrogens with one attached hydrogen (secondary N) is 1. The van der Waals surface area contributed by atoms with Crippen molar-refractivity contribution in [3.05, 3.63) is 94.8 Å². The molecule has 0 aliphatic rings. The minimum Gasteiger partial charge on any atom is -0.352 e. The zero-order chi connectivity index (χ0) is 28.0. The van der Waals surface area contributed by atoms with Gasteiger partial charge in [-0.2, -0.15) is 0 Å². The molecule has 0 aliphatic heterocycles. The van der Waals surface area contributed by atoms with Crippen LogP contribution in [0.3, 0.4) is 0 Å². The number of amides is 2. The third kappa shape index (κ3) is 6.90. The van der Waals surface area contributed by atoms with Crippen LogP contribution in [0.4, 0.5) is 10.1 Å². The van der Waals surface area contributed by atoms with E-state index in [-0.39, 0.29) is 34.1 Å². The number of anilines is 1. The third-order valence-corrected chi connectivity index (χ3v) is 8.08. The first-order chi connectivity index (χ1) is 17.9. The zero-order valence-corrected chi connectivity index (χ0v) is 23.3. The minimum atomic E-state index is -4.25. The zero-order valence-electron chi connectivity index (χ0n) is 21.7. The van der Waals surface area contributed by atoms with Crippen LogP contribution in [-0.2, 0) is 26.2 Å². The van der Waals surface area contributed by atoms with Crippen molar-refractivity contribution in [3.63, 3.8) is 0 Å². The molecule has 38 heavy (non-hydrogen) atoms. The van der Waals surface area contributed by atoms with Gasteiger partial charge < -0.3 is 10.2 Å². The van der Waals surface area contributed by atoms with Gasteiger partial charge in [0.05, 0.1) is 15.6 Å². The molecule has 0 saturated carbocycles. The second-order valence-electron chi connectivity index (χ2n) is 9.21. The van der Waals surface area contributed by atoms with E-state index in [1.807, 2.05) is 45.0 Å². The number of carbonyl (C=O) groups excluding carboxylic acids is 2. The molecule has 0 unspecified atom stereocenters. The standard InChI is InChI=1S/C28H31ClFN3O4S/c1-19(2)31-28(35)21(4)32(17-22-11-9-8-10-20(22)3)27(34)18-33(23-14-15-26(30)25(29)16-23)38(36,37)24-12-6-5-7-13-24/h5-16,19,21H,17-18H2,1-4H3,(H,31,35)/t21-/m0/s1. The average molecular weight is 560 g/mol. The maximum Gasteiger partial charge on any atom is 0.264 e. The van der Waals surface area contributed by atoms with Crippen LogP contribution < -0.4 is 9.62 Å². The van der Waals surface area contributed by atoms with E-state index in [0.717, 1.165) is 27.6 Å². The lowest BCUT2D eigenvalue weighted by atomic mass is 10.1. The summed E-state index contributed by atoms with van der Waals surface area (Å²) in [6.07, 6.45) is 0. The number of carbonyl (C=O) groups is 2. The van der Waals surface area contributed by atoms with Crippen LogP contribution >= 0.6 is 11.6 Å². The number of nitrogens with zero attached hydrogens (tertiary/aromatic N) is 2. The fourth-order valence-corrected chi connectivity index (χ4v) is 5.45. The average Bonchev–Trinajstić information content (AvgIpc) is 2.88. The van der Waals surface area contributed by atoms with E-state index in [1.165, 1.54) is 23.1 Å². The highest BCUT2D eigenvalue weighted by Crippen LogP contribution is 2.28. The number of halogens is 2. The minimum absolute atomic E-state index is 0.0173. The molecule has 0 aromatic heterocycles. The van der Waals surface area contributed by atoms with Gasteiger partial charge in [-0.1, -0.05) is 54.1 Å². The molecule has 10 heteroatoms. The highest BCUT2D eigenvalue weighted by atomic mass is 35.5. The normalized spacial score (nSPS) is 12.2. The van der Waals surface area contributed by atoms with Gasteiger partial charge in [-0.25, -0.2) is 12.8 Å². The molecule has 7 nitrogen and oxygen atoms in total. The Morgan fingerprint density at radius 2 is 1.61 bits per heavy atom. The molecule has 0 bridgehead atoms. The molecule has 0 saturated heterocycles. The summed E-state index contributed by atoms with van der Waals surface area (Å²) in [5.41, 5.74) is 1.75. The van der Waals surface area contributed by atoms with Crippen LogP contribution in [0.25, 0.3) is 0 Å². The number of hydrogen-bond acceptors (Lipinski definition) is 4. The predicted octanol–water partition coefficient (Wildman–Crippen LogP) is 4.92. The third-order valence-electron chi connectivity index (χ3n) is 6.00. The largest absolute Gasteiger partial charge is 0.352 e. The topological polar surface area (TPSA) is 86.8 Å². The SMILES string of the molecule is Cc1ccccc1CN(C(=O)CN(c1ccc(F)c(Cl)c1)S(=O)(=O)c1ccccc1)[C@@H](C)C(=O)NC(C)C. The second-order valence-corrected chi connectivity index (χ2v) is 11.5. The number of hydrogen-bond donors (Lipinski definition) is 1. The Labute approximate surface area is 228 Å². The van der Waals surface area contributed by atoms with Gasteiger partial charge >= 0.3 is 0 Å². The first-order valence-corrected chi connectivity index (χ1v) is 13.9. The van der Waals surface area contributed by atoms with Crippen LogP contribution in [0.5, 0.6) is 0 Å². The monoisotopic (exact) mass is 559 g/mol. The molecule has 202 valence electrons. The fourth-order valence-electron chi connectivity index (χ4n) is 3.85. The van der Waals surface area contributed by atoms with Gasteiger partial charge in [0, 0.05) is 12.6 Å². The van der Waals surface area contributed by atoms with Crippen LogP contribution in [0.15, 0.2) is 77.7 Å². The molecule has 3 rings (SSSR count). The molecule has 0 heterocycles. The lowest BCUT2D eigenvalue weighted by Crippen LogP contribution is -2.52. The molecule has 0 fully saturated rings. The van der Waals surface area contributed by atoms with Crippen molar-refractivity contribution in [2.24, 2.45) is 0 Å². The Hall–Kier alpha value is -3.43. The number of rotatable bonds is 10. The molecule has 3 aromatic rings. The quantitative estimate of drug-likeness (QED) is 0.382. The number of sulfonamides is 1. The van der Waals surface area contributed by atoms with E-state index in [1.54, 1.807) is 25.1 Å². The maximum absolute atomic E-state index is 13.9. The molecule has 0 spiro atoms. The summed E-state index contributed by atoms with van der Waals surface area (Å²) in [7, 11) is -4.25. The van der Waals surface area contributed by atoms with Gasteiger partial charge in [-0.15, -0.1) is 0 Å². The van der Waals surface area contributed by atoms with Crippen LogP contribution in [-0.4, -0.2) is 43.8 Å². The van der Waals surface area contributed by atoms with E-state index < -0.39 is 34.3 Å². The van der Waals surface area contributed by atoms with Gasteiger partial charge in [0.25, 0.3) is 10.0 Å². The highest BCUT2D eigenvalue weighted by molar-refractivity contribution is 7.92.